The Labute approximate surface area is 106 Å². The van der Waals surface area contributed by atoms with Crippen LogP contribution in [-0.4, -0.2) is 27.6 Å². The predicted octanol–water partition coefficient (Wildman–Crippen LogP) is 2.52. The monoisotopic (exact) mass is 256 g/mol. The Morgan fingerprint density at radius 1 is 1.35 bits per heavy atom. The van der Waals surface area contributed by atoms with Crippen molar-refractivity contribution in [2.75, 3.05) is 11.9 Å². The van der Waals surface area contributed by atoms with Gasteiger partial charge in [0.2, 0.25) is 11.2 Å². The van der Waals surface area contributed by atoms with E-state index in [0.717, 1.165) is 18.8 Å². The van der Waals surface area contributed by atoms with E-state index in [1.54, 1.807) is 0 Å². The van der Waals surface area contributed by atoms with Crippen LogP contribution in [0.25, 0.3) is 0 Å². The van der Waals surface area contributed by atoms with Gasteiger partial charge in [-0.15, -0.1) is 0 Å². The summed E-state index contributed by atoms with van der Waals surface area (Å²) in [5, 5.41) is 3.45. The molecule has 0 spiro atoms. The summed E-state index contributed by atoms with van der Waals surface area (Å²) in [6, 6.07) is 0.707. The predicted molar refractivity (Wildman–Crippen MR) is 66.4 cm³/mol. The number of hydrogen-bond acceptors (Lipinski definition) is 5. The first-order valence-corrected chi connectivity index (χ1v) is 6.36. The Hall–Kier alpha value is -1.10. The highest BCUT2D eigenvalue weighted by Crippen LogP contribution is 2.27. The second kappa shape index (κ2) is 5.49. The van der Waals surface area contributed by atoms with E-state index >= 15 is 0 Å². The van der Waals surface area contributed by atoms with Gasteiger partial charge in [-0.05, 0) is 43.7 Å². The van der Waals surface area contributed by atoms with Crippen LogP contribution in [0.4, 0.5) is 5.95 Å². The van der Waals surface area contributed by atoms with Crippen LogP contribution in [0.3, 0.4) is 0 Å². The molecule has 94 valence electrons. The first-order chi connectivity index (χ1) is 8.17. The number of halogens is 1. The molecule has 1 aromatic heterocycles. The van der Waals surface area contributed by atoms with Crippen LogP contribution in [0.2, 0.25) is 5.28 Å². The molecule has 17 heavy (non-hydrogen) atoms. The van der Waals surface area contributed by atoms with Gasteiger partial charge in [-0.2, -0.15) is 15.0 Å². The Morgan fingerprint density at radius 3 is 2.82 bits per heavy atom. The van der Waals surface area contributed by atoms with Gasteiger partial charge in [-0.1, -0.05) is 6.92 Å². The Morgan fingerprint density at radius 2 is 2.18 bits per heavy atom. The molecule has 1 fully saturated rings. The standard InChI is InChI=1S/C11H17ClN4O/c1-3-17-11-15-9(12)14-10(16-11)13-8-5-4-7(2)6-8/h7-8H,3-6H2,1-2H3,(H,13,14,15,16). The van der Waals surface area contributed by atoms with E-state index < -0.39 is 0 Å². The third-order valence-electron chi connectivity index (χ3n) is 2.89. The van der Waals surface area contributed by atoms with Crippen molar-refractivity contribution in [1.29, 1.82) is 0 Å². The molecule has 1 N–H and O–H groups in total. The molecule has 0 amide bonds. The molecule has 1 aliphatic carbocycles. The molecular formula is C11H17ClN4O. The molecule has 0 aliphatic heterocycles. The van der Waals surface area contributed by atoms with Crippen molar-refractivity contribution in [3.8, 4) is 6.01 Å². The maximum Gasteiger partial charge on any atom is 0.322 e. The molecule has 0 aromatic carbocycles. The summed E-state index contributed by atoms with van der Waals surface area (Å²) in [6.07, 6.45) is 3.54. The number of aromatic nitrogens is 3. The van der Waals surface area contributed by atoms with E-state index in [9.17, 15) is 0 Å². The summed E-state index contributed by atoms with van der Waals surface area (Å²) < 4.78 is 5.23. The van der Waals surface area contributed by atoms with Crippen molar-refractivity contribution in [3.63, 3.8) is 0 Å². The number of nitrogens with zero attached hydrogens (tertiary/aromatic N) is 3. The largest absolute Gasteiger partial charge is 0.464 e. The summed E-state index contributed by atoms with van der Waals surface area (Å²) >= 11 is 5.82. The lowest BCUT2D eigenvalue weighted by Crippen LogP contribution is -2.18. The minimum Gasteiger partial charge on any atom is -0.464 e. The summed E-state index contributed by atoms with van der Waals surface area (Å²) in [6.45, 7) is 4.65. The summed E-state index contributed by atoms with van der Waals surface area (Å²) in [5.74, 6) is 1.27. The molecule has 1 aromatic rings. The minimum absolute atomic E-state index is 0.164. The van der Waals surface area contributed by atoms with Crippen LogP contribution < -0.4 is 10.1 Å². The van der Waals surface area contributed by atoms with Gasteiger partial charge in [-0.3, -0.25) is 0 Å². The average Bonchev–Trinajstić information content (AvgIpc) is 2.63. The minimum atomic E-state index is 0.164. The number of rotatable bonds is 4. The van der Waals surface area contributed by atoms with Crippen molar-refractivity contribution in [3.05, 3.63) is 5.28 Å². The van der Waals surface area contributed by atoms with Crippen LogP contribution in [0.5, 0.6) is 6.01 Å². The van der Waals surface area contributed by atoms with E-state index in [1.807, 2.05) is 6.92 Å². The topological polar surface area (TPSA) is 59.9 Å². The molecule has 0 bridgehead atoms. The normalized spacial score (nSPS) is 23.7. The maximum atomic E-state index is 5.82. The highest BCUT2D eigenvalue weighted by atomic mass is 35.5. The van der Waals surface area contributed by atoms with Crippen LogP contribution in [0.1, 0.15) is 33.1 Å². The molecule has 6 heteroatoms. The van der Waals surface area contributed by atoms with Crippen molar-refractivity contribution < 1.29 is 4.74 Å². The van der Waals surface area contributed by atoms with Gasteiger partial charge in [0.05, 0.1) is 6.61 Å². The van der Waals surface area contributed by atoms with Crippen LogP contribution in [0.15, 0.2) is 0 Å². The van der Waals surface area contributed by atoms with E-state index in [0.29, 0.717) is 18.6 Å². The van der Waals surface area contributed by atoms with Gasteiger partial charge in [0.1, 0.15) is 0 Å². The average molecular weight is 257 g/mol. The lowest BCUT2D eigenvalue weighted by atomic mass is 10.1. The van der Waals surface area contributed by atoms with Crippen LogP contribution in [0, 0.1) is 5.92 Å². The molecule has 2 rings (SSSR count). The summed E-state index contributed by atoms with van der Waals surface area (Å²) in [5.41, 5.74) is 0. The molecule has 0 radical (unpaired) electrons. The lowest BCUT2D eigenvalue weighted by molar-refractivity contribution is 0.312. The zero-order chi connectivity index (χ0) is 12.3. The van der Waals surface area contributed by atoms with Gasteiger partial charge >= 0.3 is 6.01 Å². The third kappa shape index (κ3) is 3.43. The molecule has 2 atom stereocenters. The fourth-order valence-corrected chi connectivity index (χ4v) is 2.26. The first-order valence-electron chi connectivity index (χ1n) is 5.98. The smallest absolute Gasteiger partial charge is 0.322 e. The molecule has 1 heterocycles. The number of anilines is 1. The molecule has 1 saturated carbocycles. The quantitative estimate of drug-likeness (QED) is 0.897. The van der Waals surface area contributed by atoms with E-state index in [2.05, 4.69) is 27.2 Å². The Balaban J connectivity index is 2.04. The fraction of sp³-hybridized carbons (Fsp3) is 0.727. The van der Waals surface area contributed by atoms with Gasteiger partial charge < -0.3 is 10.1 Å². The van der Waals surface area contributed by atoms with E-state index in [4.69, 9.17) is 16.3 Å². The van der Waals surface area contributed by atoms with E-state index in [1.165, 1.54) is 6.42 Å². The summed E-state index contributed by atoms with van der Waals surface area (Å²) in [7, 11) is 0. The van der Waals surface area contributed by atoms with Gasteiger partial charge in [-0.25, -0.2) is 0 Å². The molecular weight excluding hydrogens is 240 g/mol. The van der Waals surface area contributed by atoms with Gasteiger partial charge in [0.15, 0.2) is 0 Å². The SMILES string of the molecule is CCOc1nc(Cl)nc(NC2CCC(C)C2)n1. The molecule has 5 nitrogen and oxygen atoms in total. The van der Waals surface area contributed by atoms with Gasteiger partial charge in [0.25, 0.3) is 0 Å². The maximum absolute atomic E-state index is 5.82. The Kier molecular flexibility index (Phi) is 3.99. The van der Waals surface area contributed by atoms with Crippen molar-refractivity contribution >= 4 is 17.5 Å². The van der Waals surface area contributed by atoms with Crippen molar-refractivity contribution in [2.45, 2.75) is 39.2 Å². The highest BCUT2D eigenvalue weighted by Gasteiger charge is 2.22. The zero-order valence-electron chi connectivity index (χ0n) is 10.1. The lowest BCUT2D eigenvalue weighted by Gasteiger charge is -2.12. The molecule has 2 unspecified atom stereocenters. The van der Waals surface area contributed by atoms with Gasteiger partial charge in [0, 0.05) is 6.04 Å². The van der Waals surface area contributed by atoms with E-state index in [-0.39, 0.29) is 11.3 Å². The third-order valence-corrected chi connectivity index (χ3v) is 3.06. The first kappa shape index (κ1) is 12.4. The number of hydrogen-bond donors (Lipinski definition) is 1. The second-order valence-electron chi connectivity index (χ2n) is 4.40. The number of ether oxygens (including phenoxy) is 1. The molecule has 1 aliphatic rings. The van der Waals surface area contributed by atoms with Crippen LogP contribution in [-0.2, 0) is 0 Å². The van der Waals surface area contributed by atoms with Crippen molar-refractivity contribution in [2.24, 2.45) is 5.92 Å². The van der Waals surface area contributed by atoms with Crippen molar-refractivity contribution in [1.82, 2.24) is 15.0 Å². The second-order valence-corrected chi connectivity index (χ2v) is 4.74. The molecule has 0 saturated heterocycles. The summed E-state index contributed by atoms with van der Waals surface area (Å²) in [4.78, 5) is 12.1. The fourth-order valence-electron chi connectivity index (χ4n) is 2.11. The number of nitrogens with one attached hydrogen (secondary N) is 1. The van der Waals surface area contributed by atoms with Crippen LogP contribution >= 0.6 is 11.6 Å². The Bertz CT molecular complexity index is 388. The highest BCUT2D eigenvalue weighted by molar-refractivity contribution is 6.28. The zero-order valence-corrected chi connectivity index (χ0v) is 10.9.